The molecule has 0 unspecified atom stereocenters. The van der Waals surface area contributed by atoms with E-state index in [4.69, 9.17) is 0 Å². The third kappa shape index (κ3) is 2.85. The molecule has 0 aliphatic rings. The van der Waals surface area contributed by atoms with Gasteiger partial charge in [-0.25, -0.2) is 9.97 Å². The van der Waals surface area contributed by atoms with Gasteiger partial charge in [0.15, 0.2) is 5.82 Å². The molecule has 0 bridgehead atoms. The van der Waals surface area contributed by atoms with Gasteiger partial charge in [-0.3, -0.25) is 0 Å². The molecule has 0 amide bonds. The van der Waals surface area contributed by atoms with Crippen molar-refractivity contribution >= 4 is 55.7 Å². The molecule has 3 nitrogen and oxygen atoms in total. The summed E-state index contributed by atoms with van der Waals surface area (Å²) in [6.07, 6.45) is 0.912. The Labute approximate surface area is 133 Å². The van der Waals surface area contributed by atoms with E-state index in [1.807, 2.05) is 11.4 Å². The van der Waals surface area contributed by atoms with E-state index < -0.39 is 0 Å². The number of thiophene rings is 1. The van der Waals surface area contributed by atoms with Crippen LogP contribution < -0.4 is 5.32 Å². The van der Waals surface area contributed by atoms with Gasteiger partial charge >= 0.3 is 0 Å². The minimum absolute atomic E-state index is 0.796. The van der Waals surface area contributed by atoms with Gasteiger partial charge in [0, 0.05) is 11.0 Å². The first-order valence-corrected chi connectivity index (χ1v) is 8.46. The maximum absolute atomic E-state index is 4.66. The van der Waals surface area contributed by atoms with Crippen LogP contribution in [0.5, 0.6) is 0 Å². The van der Waals surface area contributed by atoms with Crippen molar-refractivity contribution in [2.75, 3.05) is 11.9 Å². The third-order valence-corrected chi connectivity index (χ3v) is 5.39. The maximum Gasteiger partial charge on any atom is 0.173 e. The molecule has 0 spiro atoms. The predicted octanol–water partition coefficient (Wildman–Crippen LogP) is 4.57. The van der Waals surface area contributed by atoms with Crippen molar-refractivity contribution in [2.45, 2.75) is 20.3 Å². The highest BCUT2D eigenvalue weighted by Gasteiger charge is 2.14. The first-order chi connectivity index (χ1) is 8.67. The molecule has 0 aliphatic carbocycles. The summed E-state index contributed by atoms with van der Waals surface area (Å²) < 4.78 is 2.17. The normalized spacial score (nSPS) is 10.7. The van der Waals surface area contributed by atoms with E-state index in [0.29, 0.717) is 0 Å². The average Bonchev–Trinajstić information content (AvgIpc) is 2.78. The number of rotatable bonds is 4. The van der Waals surface area contributed by atoms with Crippen LogP contribution in [0.15, 0.2) is 15.9 Å². The Morgan fingerprint density at radius 2 is 2.17 bits per heavy atom. The van der Waals surface area contributed by atoms with E-state index in [0.717, 1.165) is 43.2 Å². The summed E-state index contributed by atoms with van der Waals surface area (Å²) in [6, 6.07) is 2.03. The number of nitrogens with one attached hydrogen (secondary N) is 1. The van der Waals surface area contributed by atoms with Gasteiger partial charge in [0.2, 0.25) is 0 Å². The van der Waals surface area contributed by atoms with Gasteiger partial charge in [-0.15, -0.1) is 11.3 Å². The van der Waals surface area contributed by atoms with Crippen LogP contribution in [0.3, 0.4) is 0 Å². The van der Waals surface area contributed by atoms with Crippen LogP contribution in [-0.2, 0) is 6.42 Å². The summed E-state index contributed by atoms with van der Waals surface area (Å²) in [4.78, 5) is 10.4. The fourth-order valence-electron chi connectivity index (χ4n) is 1.57. The van der Waals surface area contributed by atoms with Crippen molar-refractivity contribution in [1.29, 1.82) is 0 Å². The summed E-state index contributed by atoms with van der Waals surface area (Å²) in [5, 5.41) is 5.34. The maximum atomic E-state index is 4.66. The number of nitrogens with zero attached hydrogens (tertiary/aromatic N) is 2. The first-order valence-electron chi connectivity index (χ1n) is 5.71. The van der Waals surface area contributed by atoms with Crippen molar-refractivity contribution in [3.8, 4) is 10.7 Å². The lowest BCUT2D eigenvalue weighted by atomic mass is 10.3. The van der Waals surface area contributed by atoms with E-state index in [1.54, 1.807) is 11.3 Å². The minimum Gasteiger partial charge on any atom is -0.369 e. The second-order valence-corrected chi connectivity index (χ2v) is 6.49. The molecular weight excluding hydrogens is 425 g/mol. The average molecular weight is 438 g/mol. The zero-order valence-electron chi connectivity index (χ0n) is 10.1. The largest absolute Gasteiger partial charge is 0.369 e. The molecule has 0 aromatic carbocycles. The van der Waals surface area contributed by atoms with Crippen LogP contribution >= 0.6 is 49.9 Å². The molecular formula is C12H13BrIN3S. The van der Waals surface area contributed by atoms with E-state index in [-0.39, 0.29) is 0 Å². The van der Waals surface area contributed by atoms with Crippen molar-refractivity contribution < 1.29 is 0 Å². The highest BCUT2D eigenvalue weighted by atomic mass is 127. The Kier molecular flexibility index (Phi) is 4.97. The van der Waals surface area contributed by atoms with Crippen LogP contribution in [0.2, 0.25) is 0 Å². The molecule has 2 heterocycles. The SMILES string of the molecule is CCNc1nc(-c2sccc2Br)nc(CC)c1I. The lowest BCUT2D eigenvalue weighted by Gasteiger charge is -2.10. The van der Waals surface area contributed by atoms with Gasteiger partial charge in [0.1, 0.15) is 5.82 Å². The molecule has 0 atom stereocenters. The third-order valence-electron chi connectivity index (χ3n) is 2.42. The van der Waals surface area contributed by atoms with Crippen LogP contribution in [0.25, 0.3) is 10.7 Å². The molecule has 6 heteroatoms. The summed E-state index contributed by atoms with van der Waals surface area (Å²) in [5.74, 6) is 1.73. The van der Waals surface area contributed by atoms with E-state index in [1.165, 1.54) is 0 Å². The Hall–Kier alpha value is -0.210. The van der Waals surface area contributed by atoms with Gasteiger partial charge in [-0.2, -0.15) is 0 Å². The van der Waals surface area contributed by atoms with E-state index in [9.17, 15) is 0 Å². The Morgan fingerprint density at radius 1 is 1.39 bits per heavy atom. The number of aromatic nitrogens is 2. The second kappa shape index (κ2) is 6.29. The number of halogens is 2. The number of anilines is 1. The summed E-state index contributed by atoms with van der Waals surface area (Å²) >= 11 is 7.50. The first kappa shape index (κ1) is 14.2. The number of hydrogen-bond donors (Lipinski definition) is 1. The second-order valence-electron chi connectivity index (χ2n) is 3.64. The molecule has 2 aromatic rings. The van der Waals surface area contributed by atoms with Crippen molar-refractivity contribution in [3.63, 3.8) is 0 Å². The lowest BCUT2D eigenvalue weighted by Crippen LogP contribution is -2.07. The van der Waals surface area contributed by atoms with E-state index >= 15 is 0 Å². The zero-order chi connectivity index (χ0) is 13.1. The quantitative estimate of drug-likeness (QED) is 0.712. The molecule has 0 saturated carbocycles. The topological polar surface area (TPSA) is 37.8 Å². The number of aryl methyl sites for hydroxylation is 1. The van der Waals surface area contributed by atoms with Gasteiger partial charge in [0.25, 0.3) is 0 Å². The van der Waals surface area contributed by atoms with Gasteiger partial charge in [-0.1, -0.05) is 6.92 Å². The monoisotopic (exact) mass is 437 g/mol. The summed E-state index contributed by atoms with van der Waals surface area (Å²) in [5.41, 5.74) is 1.09. The molecule has 0 fully saturated rings. The Morgan fingerprint density at radius 3 is 2.72 bits per heavy atom. The summed E-state index contributed by atoms with van der Waals surface area (Å²) in [7, 11) is 0. The lowest BCUT2D eigenvalue weighted by molar-refractivity contribution is 0.984. The number of hydrogen-bond acceptors (Lipinski definition) is 4. The molecule has 2 rings (SSSR count). The molecule has 0 saturated heterocycles. The molecule has 18 heavy (non-hydrogen) atoms. The van der Waals surface area contributed by atoms with Crippen LogP contribution in [0.4, 0.5) is 5.82 Å². The van der Waals surface area contributed by atoms with Crippen LogP contribution in [0, 0.1) is 3.57 Å². The molecule has 1 N–H and O–H groups in total. The van der Waals surface area contributed by atoms with Crippen molar-refractivity contribution in [1.82, 2.24) is 9.97 Å². The van der Waals surface area contributed by atoms with Gasteiger partial charge < -0.3 is 5.32 Å². The standard InChI is InChI=1S/C12H13BrIN3S/c1-3-8-9(14)11(15-4-2)17-12(16-8)10-7(13)5-6-18-10/h5-6H,3-4H2,1-2H3,(H,15,16,17). The molecule has 0 aliphatic heterocycles. The minimum atomic E-state index is 0.796. The van der Waals surface area contributed by atoms with E-state index in [2.05, 4.69) is 67.7 Å². The fraction of sp³-hybridized carbons (Fsp3) is 0.333. The fourth-order valence-corrected chi connectivity index (χ4v) is 3.86. The zero-order valence-corrected chi connectivity index (χ0v) is 14.7. The molecule has 2 aromatic heterocycles. The smallest absolute Gasteiger partial charge is 0.173 e. The van der Waals surface area contributed by atoms with Gasteiger partial charge in [0.05, 0.1) is 14.1 Å². The van der Waals surface area contributed by atoms with Gasteiger partial charge in [-0.05, 0) is 63.3 Å². The Bertz CT molecular complexity index is 556. The van der Waals surface area contributed by atoms with Crippen molar-refractivity contribution in [3.05, 3.63) is 25.2 Å². The molecule has 0 radical (unpaired) electrons. The van der Waals surface area contributed by atoms with Crippen LogP contribution in [-0.4, -0.2) is 16.5 Å². The predicted molar refractivity (Wildman–Crippen MR) is 89.3 cm³/mol. The molecule has 96 valence electrons. The summed E-state index contributed by atoms with van der Waals surface area (Å²) in [6.45, 7) is 5.05. The Balaban J connectivity index is 2.55. The highest BCUT2D eigenvalue weighted by Crippen LogP contribution is 2.33. The van der Waals surface area contributed by atoms with Crippen molar-refractivity contribution in [2.24, 2.45) is 0 Å². The highest BCUT2D eigenvalue weighted by molar-refractivity contribution is 14.1. The van der Waals surface area contributed by atoms with Crippen LogP contribution in [0.1, 0.15) is 19.5 Å².